The summed E-state index contributed by atoms with van der Waals surface area (Å²) in [6.45, 7) is 3.94. The van der Waals surface area contributed by atoms with Gasteiger partial charge in [-0.2, -0.15) is 0 Å². The highest BCUT2D eigenvalue weighted by Crippen LogP contribution is 2.11. The summed E-state index contributed by atoms with van der Waals surface area (Å²) in [5.41, 5.74) is 11.8. The fourth-order valence-corrected chi connectivity index (χ4v) is 3.49. The molecule has 1 aromatic rings. The topological polar surface area (TPSA) is 243 Å². The molecule has 5 atom stereocenters. The number of aliphatic carboxylic acids is 2. The molecule has 0 aromatic carbocycles. The molecule has 0 fully saturated rings. The van der Waals surface area contributed by atoms with Crippen LogP contribution < -0.4 is 27.4 Å². The molecule has 37 heavy (non-hydrogen) atoms. The summed E-state index contributed by atoms with van der Waals surface area (Å²) in [6.07, 6.45) is 4.21. The zero-order chi connectivity index (χ0) is 28.0. The van der Waals surface area contributed by atoms with Gasteiger partial charge in [-0.25, -0.2) is 9.78 Å². The number of amides is 3. The van der Waals surface area contributed by atoms with Crippen LogP contribution in [-0.4, -0.2) is 80.6 Å². The average molecular weight is 526 g/mol. The number of imidazole rings is 1. The van der Waals surface area contributed by atoms with Crippen molar-refractivity contribution < 1.29 is 34.2 Å². The highest BCUT2D eigenvalue weighted by atomic mass is 16.4. The SMILES string of the molecule is CCC(C)C(NC(=O)C(CCC(=O)O)NC(=O)C(N)CCCCN)C(=O)NC(Cc1cnc[nH]1)C(=O)O. The van der Waals surface area contributed by atoms with E-state index in [0.717, 1.165) is 0 Å². The van der Waals surface area contributed by atoms with Gasteiger partial charge in [0.2, 0.25) is 17.7 Å². The Hall–Kier alpha value is -3.52. The van der Waals surface area contributed by atoms with Gasteiger partial charge < -0.3 is 42.6 Å². The Bertz CT molecular complexity index is 894. The molecular formula is C23H39N7O7. The Labute approximate surface area is 215 Å². The molecule has 10 N–H and O–H groups in total. The molecule has 0 aliphatic carbocycles. The van der Waals surface area contributed by atoms with Gasteiger partial charge in [-0.3, -0.25) is 19.2 Å². The molecule has 0 bridgehead atoms. The van der Waals surface area contributed by atoms with Gasteiger partial charge >= 0.3 is 11.9 Å². The maximum atomic E-state index is 13.1. The van der Waals surface area contributed by atoms with Crippen molar-refractivity contribution in [3.05, 3.63) is 18.2 Å². The molecule has 1 aromatic heterocycles. The smallest absolute Gasteiger partial charge is 0.326 e. The van der Waals surface area contributed by atoms with Crippen molar-refractivity contribution in [2.45, 2.75) is 83.0 Å². The normalized spacial score (nSPS) is 15.0. The van der Waals surface area contributed by atoms with Gasteiger partial charge in [0.15, 0.2) is 0 Å². The number of aromatic nitrogens is 2. The second-order valence-corrected chi connectivity index (χ2v) is 8.94. The number of hydrogen-bond acceptors (Lipinski definition) is 8. The predicted molar refractivity (Wildman–Crippen MR) is 133 cm³/mol. The number of aromatic amines is 1. The standard InChI is InChI=1S/C23H39N7O7/c1-3-13(2)19(22(35)29-17(23(36)37)10-14-11-26-12-27-14)30-21(34)16(7-8-18(31)32)28-20(33)15(25)6-4-5-9-24/h11-13,15-17,19H,3-10,24-25H2,1-2H3,(H,26,27)(H,28,33)(H,29,35)(H,30,34)(H,31,32)(H,36,37). The molecule has 208 valence electrons. The quantitative estimate of drug-likeness (QED) is 0.107. The van der Waals surface area contributed by atoms with E-state index < -0.39 is 66.2 Å². The minimum Gasteiger partial charge on any atom is -0.481 e. The fourth-order valence-electron chi connectivity index (χ4n) is 3.49. The number of hydrogen-bond donors (Lipinski definition) is 8. The molecule has 0 aliphatic heterocycles. The van der Waals surface area contributed by atoms with Crippen LogP contribution in [0.15, 0.2) is 12.5 Å². The van der Waals surface area contributed by atoms with Crippen LogP contribution in [0.1, 0.15) is 58.1 Å². The molecule has 0 saturated heterocycles. The highest BCUT2D eigenvalue weighted by Gasteiger charge is 2.33. The van der Waals surface area contributed by atoms with E-state index in [2.05, 4.69) is 25.9 Å². The van der Waals surface area contributed by atoms with Crippen LogP contribution in [0.3, 0.4) is 0 Å². The number of nitrogens with two attached hydrogens (primary N) is 2. The second-order valence-electron chi connectivity index (χ2n) is 8.94. The molecule has 1 rings (SSSR count). The van der Waals surface area contributed by atoms with Crippen LogP contribution in [0.4, 0.5) is 0 Å². The maximum Gasteiger partial charge on any atom is 0.326 e. The first-order valence-corrected chi connectivity index (χ1v) is 12.3. The lowest BCUT2D eigenvalue weighted by Crippen LogP contribution is -2.59. The zero-order valence-electron chi connectivity index (χ0n) is 21.2. The third-order valence-corrected chi connectivity index (χ3v) is 5.97. The fraction of sp³-hybridized carbons (Fsp3) is 0.652. The van der Waals surface area contributed by atoms with E-state index in [1.807, 2.05) is 0 Å². The largest absolute Gasteiger partial charge is 0.481 e. The third-order valence-electron chi connectivity index (χ3n) is 5.97. The average Bonchev–Trinajstić information content (AvgIpc) is 3.36. The van der Waals surface area contributed by atoms with Gasteiger partial charge in [-0.1, -0.05) is 26.7 Å². The Morgan fingerprint density at radius 3 is 2.22 bits per heavy atom. The lowest BCUT2D eigenvalue weighted by molar-refractivity contribution is -0.142. The summed E-state index contributed by atoms with van der Waals surface area (Å²) in [6, 6.07) is -4.60. The summed E-state index contributed by atoms with van der Waals surface area (Å²) in [5, 5.41) is 26.1. The van der Waals surface area contributed by atoms with Gasteiger partial charge in [0.25, 0.3) is 0 Å². The first kappa shape index (κ1) is 31.5. The molecule has 0 radical (unpaired) electrons. The minimum absolute atomic E-state index is 0.0540. The van der Waals surface area contributed by atoms with E-state index in [1.165, 1.54) is 12.5 Å². The minimum atomic E-state index is -1.29. The van der Waals surface area contributed by atoms with E-state index in [1.54, 1.807) is 13.8 Å². The van der Waals surface area contributed by atoms with Crippen LogP contribution in [0.5, 0.6) is 0 Å². The molecule has 0 aliphatic rings. The first-order valence-electron chi connectivity index (χ1n) is 12.3. The summed E-state index contributed by atoms with van der Waals surface area (Å²) in [7, 11) is 0. The van der Waals surface area contributed by atoms with Gasteiger partial charge in [0, 0.05) is 24.7 Å². The molecule has 14 nitrogen and oxygen atoms in total. The van der Waals surface area contributed by atoms with Crippen molar-refractivity contribution in [1.29, 1.82) is 0 Å². The van der Waals surface area contributed by atoms with E-state index in [0.29, 0.717) is 37.9 Å². The lowest BCUT2D eigenvalue weighted by Gasteiger charge is -2.28. The Kier molecular flexibility index (Phi) is 13.9. The summed E-state index contributed by atoms with van der Waals surface area (Å²) < 4.78 is 0. The molecular weight excluding hydrogens is 486 g/mol. The molecule has 0 spiro atoms. The molecule has 14 heteroatoms. The highest BCUT2D eigenvalue weighted by molar-refractivity contribution is 5.94. The van der Waals surface area contributed by atoms with Crippen molar-refractivity contribution in [2.24, 2.45) is 17.4 Å². The first-order chi connectivity index (χ1) is 17.5. The van der Waals surface area contributed by atoms with E-state index in [-0.39, 0.29) is 12.8 Å². The van der Waals surface area contributed by atoms with Crippen LogP contribution in [0.2, 0.25) is 0 Å². The van der Waals surface area contributed by atoms with Gasteiger partial charge in [0.05, 0.1) is 12.4 Å². The molecule has 5 unspecified atom stereocenters. The van der Waals surface area contributed by atoms with Crippen molar-refractivity contribution >= 4 is 29.7 Å². The number of nitrogens with one attached hydrogen (secondary N) is 4. The van der Waals surface area contributed by atoms with Crippen LogP contribution in [0.25, 0.3) is 0 Å². The van der Waals surface area contributed by atoms with Crippen molar-refractivity contribution in [3.63, 3.8) is 0 Å². The van der Waals surface area contributed by atoms with Crippen LogP contribution in [-0.2, 0) is 30.4 Å². The Morgan fingerprint density at radius 1 is 1.00 bits per heavy atom. The number of carbonyl (C=O) groups is 5. The van der Waals surface area contributed by atoms with Gasteiger partial charge in [0.1, 0.15) is 18.1 Å². The monoisotopic (exact) mass is 525 g/mol. The Morgan fingerprint density at radius 2 is 1.68 bits per heavy atom. The van der Waals surface area contributed by atoms with Gasteiger partial charge in [-0.15, -0.1) is 0 Å². The van der Waals surface area contributed by atoms with Crippen molar-refractivity contribution in [1.82, 2.24) is 25.9 Å². The number of unbranched alkanes of at least 4 members (excludes halogenated alkanes) is 1. The summed E-state index contributed by atoms with van der Waals surface area (Å²) >= 11 is 0. The number of carboxylic acid groups (broad SMARTS) is 2. The number of H-pyrrole nitrogens is 1. The number of rotatable bonds is 18. The van der Waals surface area contributed by atoms with Crippen molar-refractivity contribution in [2.75, 3.05) is 6.54 Å². The summed E-state index contributed by atoms with van der Waals surface area (Å²) in [5.74, 6) is -4.97. The van der Waals surface area contributed by atoms with E-state index in [9.17, 15) is 29.1 Å². The molecule has 0 saturated carbocycles. The number of carboxylic acids is 2. The van der Waals surface area contributed by atoms with Crippen LogP contribution in [0, 0.1) is 5.92 Å². The number of nitrogens with zero attached hydrogens (tertiary/aromatic N) is 1. The van der Waals surface area contributed by atoms with Crippen LogP contribution >= 0.6 is 0 Å². The Balaban J connectivity index is 2.98. The van der Waals surface area contributed by atoms with Gasteiger partial charge in [-0.05, 0) is 31.7 Å². The van der Waals surface area contributed by atoms with E-state index >= 15 is 0 Å². The summed E-state index contributed by atoms with van der Waals surface area (Å²) in [4.78, 5) is 68.1. The predicted octanol–water partition coefficient (Wildman–Crippen LogP) is -1.14. The number of carbonyl (C=O) groups excluding carboxylic acids is 3. The third kappa shape index (κ3) is 11.4. The lowest BCUT2D eigenvalue weighted by atomic mass is 9.96. The van der Waals surface area contributed by atoms with Crippen molar-refractivity contribution in [3.8, 4) is 0 Å². The second kappa shape index (κ2) is 16.3. The zero-order valence-corrected chi connectivity index (χ0v) is 21.2. The maximum absolute atomic E-state index is 13.1. The molecule has 3 amide bonds. The van der Waals surface area contributed by atoms with E-state index in [4.69, 9.17) is 16.6 Å². The molecule has 1 heterocycles.